The van der Waals surface area contributed by atoms with Crippen LogP contribution in [0.2, 0.25) is 0 Å². The number of likely N-dealkylation sites (N-methyl/N-ethyl adjacent to an activating group) is 1. The largest absolute Gasteiger partial charge is 0.466 e. The molecule has 31 heavy (non-hydrogen) atoms. The number of ether oxygens (including phenoxy) is 1. The van der Waals surface area contributed by atoms with E-state index in [4.69, 9.17) is 4.74 Å². The van der Waals surface area contributed by atoms with Crippen molar-refractivity contribution in [1.29, 1.82) is 0 Å². The highest BCUT2D eigenvalue weighted by molar-refractivity contribution is 5.97. The van der Waals surface area contributed by atoms with Crippen LogP contribution in [0.5, 0.6) is 0 Å². The van der Waals surface area contributed by atoms with Crippen LogP contribution in [0.25, 0.3) is 0 Å². The number of hydrogen-bond donors (Lipinski definition) is 1. The van der Waals surface area contributed by atoms with Gasteiger partial charge in [-0.1, -0.05) is 6.07 Å². The third-order valence-corrected chi connectivity index (χ3v) is 4.99. The maximum absolute atomic E-state index is 12.4. The molecule has 11 nitrogen and oxygen atoms in total. The highest BCUT2D eigenvalue weighted by atomic mass is 16.6. The Hall–Kier alpha value is -3.50. The molecule has 1 aromatic carbocycles. The molecule has 1 aliphatic heterocycles. The summed E-state index contributed by atoms with van der Waals surface area (Å²) in [6.45, 7) is 2.38. The number of nitro benzene ring substituents is 1. The van der Waals surface area contributed by atoms with E-state index in [2.05, 4.69) is 5.32 Å². The molecular formula is C20H26N4O7. The normalized spacial score (nSPS) is 13.9. The Kier molecular flexibility index (Phi) is 8.47. The van der Waals surface area contributed by atoms with Crippen molar-refractivity contribution >= 4 is 29.4 Å². The number of rotatable bonds is 8. The number of carbonyl (C=O) groups is 4. The summed E-state index contributed by atoms with van der Waals surface area (Å²) in [6, 6.07) is 5.16. The highest BCUT2D eigenvalue weighted by Gasteiger charge is 2.29. The van der Waals surface area contributed by atoms with E-state index in [1.807, 2.05) is 0 Å². The number of carbonyl (C=O) groups excluding carboxylic acids is 4. The number of piperidine rings is 1. The molecular weight excluding hydrogens is 408 g/mol. The Morgan fingerprint density at radius 3 is 2.55 bits per heavy atom. The zero-order valence-corrected chi connectivity index (χ0v) is 17.5. The summed E-state index contributed by atoms with van der Waals surface area (Å²) in [4.78, 5) is 61.6. The van der Waals surface area contributed by atoms with Gasteiger partial charge in [-0.05, 0) is 25.8 Å². The van der Waals surface area contributed by atoms with Gasteiger partial charge in [0.2, 0.25) is 11.8 Å². The van der Waals surface area contributed by atoms with E-state index in [0.29, 0.717) is 32.5 Å². The van der Waals surface area contributed by atoms with Gasteiger partial charge in [0, 0.05) is 37.8 Å². The lowest BCUT2D eigenvalue weighted by Gasteiger charge is -2.32. The van der Waals surface area contributed by atoms with Gasteiger partial charge in [0.25, 0.3) is 11.6 Å². The number of nitrogens with one attached hydrogen (secondary N) is 1. The summed E-state index contributed by atoms with van der Waals surface area (Å²) in [7, 11) is 1.45. The monoisotopic (exact) mass is 434 g/mol. The van der Waals surface area contributed by atoms with Gasteiger partial charge >= 0.3 is 5.97 Å². The summed E-state index contributed by atoms with van der Waals surface area (Å²) >= 11 is 0. The van der Waals surface area contributed by atoms with Crippen LogP contribution in [0.15, 0.2) is 24.3 Å². The molecule has 2 rings (SSSR count). The summed E-state index contributed by atoms with van der Waals surface area (Å²) in [5.41, 5.74) is -0.168. The van der Waals surface area contributed by atoms with Crippen LogP contribution >= 0.6 is 0 Å². The van der Waals surface area contributed by atoms with Crippen molar-refractivity contribution in [3.63, 3.8) is 0 Å². The molecule has 1 saturated heterocycles. The van der Waals surface area contributed by atoms with E-state index in [1.165, 1.54) is 30.1 Å². The van der Waals surface area contributed by atoms with E-state index in [0.717, 1.165) is 6.07 Å². The number of amides is 3. The van der Waals surface area contributed by atoms with Gasteiger partial charge in [-0.2, -0.15) is 0 Å². The number of nitrogens with zero attached hydrogens (tertiary/aromatic N) is 3. The van der Waals surface area contributed by atoms with Gasteiger partial charge < -0.3 is 19.9 Å². The average Bonchev–Trinajstić information content (AvgIpc) is 2.77. The van der Waals surface area contributed by atoms with Crippen LogP contribution in [0.4, 0.5) is 5.69 Å². The summed E-state index contributed by atoms with van der Waals surface area (Å²) < 4.78 is 5.01. The Bertz CT molecular complexity index is 850. The fraction of sp³-hybridized carbons (Fsp3) is 0.500. The van der Waals surface area contributed by atoms with Gasteiger partial charge in [-0.25, -0.2) is 0 Å². The fourth-order valence-electron chi connectivity index (χ4n) is 3.17. The summed E-state index contributed by atoms with van der Waals surface area (Å²) in [6.07, 6.45) is 1.03. The molecule has 0 aliphatic carbocycles. The van der Waals surface area contributed by atoms with Gasteiger partial charge in [0.1, 0.15) is 0 Å². The minimum Gasteiger partial charge on any atom is -0.466 e. The minimum absolute atomic E-state index is 0.0604. The fourth-order valence-corrected chi connectivity index (χ4v) is 3.17. The first kappa shape index (κ1) is 23.8. The number of benzene rings is 1. The molecule has 1 aliphatic rings. The lowest BCUT2D eigenvalue weighted by Crippen LogP contribution is -2.47. The SMILES string of the molecule is CCOC(=O)C1CCN(C(=O)CN(C)C(=O)CNC(=O)c2cccc([N+](=O)[O-])c2)CC1. The standard InChI is InChI=1S/C20H26N4O7/c1-3-31-20(28)14-7-9-23(10-8-14)18(26)13-22(2)17(25)12-21-19(27)15-5-4-6-16(11-15)24(29)30/h4-6,11,14H,3,7-10,12-13H2,1-2H3,(H,21,27). The van der Waals surface area contributed by atoms with E-state index in [1.54, 1.807) is 11.8 Å². The van der Waals surface area contributed by atoms with Crippen LogP contribution in [0.1, 0.15) is 30.1 Å². The third kappa shape index (κ3) is 6.76. The van der Waals surface area contributed by atoms with Crippen LogP contribution in [0.3, 0.4) is 0 Å². The number of nitro groups is 1. The summed E-state index contributed by atoms with van der Waals surface area (Å²) in [5, 5.41) is 13.2. The van der Waals surface area contributed by atoms with Crippen molar-refractivity contribution in [3.8, 4) is 0 Å². The Balaban J connectivity index is 1.78. The molecule has 0 aromatic heterocycles. The van der Waals surface area contributed by atoms with Crippen LogP contribution in [-0.2, 0) is 19.1 Å². The first-order valence-corrected chi connectivity index (χ1v) is 9.94. The van der Waals surface area contributed by atoms with E-state index in [-0.39, 0.29) is 42.1 Å². The van der Waals surface area contributed by atoms with E-state index < -0.39 is 16.7 Å². The van der Waals surface area contributed by atoms with Gasteiger partial charge in [0.15, 0.2) is 0 Å². The molecule has 0 bridgehead atoms. The molecule has 0 radical (unpaired) electrons. The predicted octanol–water partition coefficient (Wildman–Crippen LogP) is 0.585. The second-order valence-corrected chi connectivity index (χ2v) is 7.15. The zero-order chi connectivity index (χ0) is 23.0. The van der Waals surface area contributed by atoms with Crippen LogP contribution in [-0.4, -0.2) is 78.2 Å². The second-order valence-electron chi connectivity index (χ2n) is 7.15. The molecule has 1 fully saturated rings. The van der Waals surface area contributed by atoms with E-state index in [9.17, 15) is 29.3 Å². The zero-order valence-electron chi connectivity index (χ0n) is 17.5. The molecule has 0 spiro atoms. The average molecular weight is 434 g/mol. The van der Waals surface area contributed by atoms with Crippen LogP contribution in [0, 0.1) is 16.0 Å². The molecule has 1 heterocycles. The minimum atomic E-state index is -0.627. The van der Waals surface area contributed by atoms with Gasteiger partial charge in [-0.3, -0.25) is 29.3 Å². The molecule has 1 aromatic rings. The third-order valence-electron chi connectivity index (χ3n) is 4.99. The molecule has 0 saturated carbocycles. The van der Waals surface area contributed by atoms with Crippen molar-refractivity contribution in [3.05, 3.63) is 39.9 Å². The quantitative estimate of drug-likeness (QED) is 0.359. The Morgan fingerprint density at radius 1 is 1.26 bits per heavy atom. The lowest BCUT2D eigenvalue weighted by atomic mass is 9.97. The Labute approximate surface area is 179 Å². The number of likely N-dealkylation sites (tertiary alicyclic amines) is 1. The lowest BCUT2D eigenvalue weighted by molar-refractivity contribution is -0.384. The van der Waals surface area contributed by atoms with Crippen LogP contribution < -0.4 is 5.32 Å². The number of esters is 1. The molecule has 0 unspecified atom stereocenters. The van der Waals surface area contributed by atoms with Gasteiger partial charge in [-0.15, -0.1) is 0 Å². The Morgan fingerprint density at radius 2 is 1.94 bits per heavy atom. The molecule has 11 heteroatoms. The van der Waals surface area contributed by atoms with Crippen molar-refractivity contribution in [2.45, 2.75) is 19.8 Å². The predicted molar refractivity (Wildman–Crippen MR) is 109 cm³/mol. The smallest absolute Gasteiger partial charge is 0.309 e. The summed E-state index contributed by atoms with van der Waals surface area (Å²) in [5.74, 6) is -1.82. The van der Waals surface area contributed by atoms with E-state index >= 15 is 0 Å². The molecule has 168 valence electrons. The van der Waals surface area contributed by atoms with Crippen molar-refractivity contribution in [2.24, 2.45) is 5.92 Å². The maximum atomic E-state index is 12.4. The van der Waals surface area contributed by atoms with Crippen molar-refractivity contribution in [1.82, 2.24) is 15.1 Å². The molecule has 1 N–H and O–H groups in total. The topological polar surface area (TPSA) is 139 Å². The molecule has 0 atom stereocenters. The highest BCUT2D eigenvalue weighted by Crippen LogP contribution is 2.19. The van der Waals surface area contributed by atoms with Gasteiger partial charge in [0.05, 0.1) is 30.5 Å². The first-order chi connectivity index (χ1) is 14.7. The van der Waals surface area contributed by atoms with Crippen molar-refractivity contribution < 1.29 is 28.8 Å². The molecule has 3 amide bonds. The first-order valence-electron chi connectivity index (χ1n) is 9.94. The maximum Gasteiger partial charge on any atom is 0.309 e. The second kappa shape index (κ2) is 11.0. The van der Waals surface area contributed by atoms with Crippen molar-refractivity contribution in [2.75, 3.05) is 39.8 Å². The number of non-ortho nitro benzene ring substituents is 1. The number of hydrogen-bond acceptors (Lipinski definition) is 7.